The summed E-state index contributed by atoms with van der Waals surface area (Å²) in [4.78, 5) is 0. The van der Waals surface area contributed by atoms with Gasteiger partial charge in [-0.2, -0.15) is 0 Å². The van der Waals surface area contributed by atoms with Gasteiger partial charge in [-0.3, -0.25) is 0 Å². The van der Waals surface area contributed by atoms with Crippen LogP contribution in [0, 0.1) is 5.92 Å². The highest BCUT2D eigenvalue weighted by atomic mass is 16.5. The van der Waals surface area contributed by atoms with Gasteiger partial charge < -0.3 is 10.1 Å². The maximum absolute atomic E-state index is 5.71. The third-order valence-electron chi connectivity index (χ3n) is 2.69. The van der Waals surface area contributed by atoms with E-state index in [9.17, 15) is 0 Å². The second-order valence-electron chi connectivity index (χ2n) is 4.99. The summed E-state index contributed by atoms with van der Waals surface area (Å²) in [6, 6.07) is 0.613. The second-order valence-corrected chi connectivity index (χ2v) is 4.99. The average molecular weight is 215 g/mol. The first-order chi connectivity index (χ1) is 7.04. The van der Waals surface area contributed by atoms with Gasteiger partial charge in [0.1, 0.15) is 0 Å². The molecule has 0 amide bonds. The van der Waals surface area contributed by atoms with Crippen LogP contribution in [0.2, 0.25) is 0 Å². The lowest BCUT2D eigenvalue weighted by Crippen LogP contribution is -2.23. The number of hydrogen-bond donors (Lipinski definition) is 1. The van der Waals surface area contributed by atoms with Gasteiger partial charge >= 0.3 is 0 Å². The van der Waals surface area contributed by atoms with E-state index in [-0.39, 0.29) is 0 Å². The Morgan fingerprint density at radius 2 is 1.60 bits per heavy atom. The summed E-state index contributed by atoms with van der Waals surface area (Å²) < 4.78 is 5.71. The van der Waals surface area contributed by atoms with Crippen molar-refractivity contribution in [1.29, 1.82) is 0 Å². The third kappa shape index (κ3) is 10.2. The zero-order valence-corrected chi connectivity index (χ0v) is 11.2. The Morgan fingerprint density at radius 3 is 2.13 bits per heavy atom. The van der Waals surface area contributed by atoms with Crippen molar-refractivity contribution >= 4 is 0 Å². The van der Waals surface area contributed by atoms with E-state index in [1.54, 1.807) is 0 Å². The largest absolute Gasteiger partial charge is 0.378 e. The molecule has 0 saturated heterocycles. The van der Waals surface area contributed by atoms with Crippen molar-refractivity contribution in [2.24, 2.45) is 5.92 Å². The lowest BCUT2D eigenvalue weighted by atomic mass is 10.1. The molecule has 1 N–H and O–H groups in total. The Kier molecular flexibility index (Phi) is 9.12. The first-order valence-corrected chi connectivity index (χ1v) is 6.39. The quantitative estimate of drug-likeness (QED) is 0.596. The first-order valence-electron chi connectivity index (χ1n) is 6.39. The van der Waals surface area contributed by atoms with Gasteiger partial charge in [-0.05, 0) is 38.6 Å². The van der Waals surface area contributed by atoms with Crippen LogP contribution in [0.4, 0.5) is 0 Å². The minimum atomic E-state index is 0.402. The molecule has 0 saturated carbocycles. The summed E-state index contributed by atoms with van der Waals surface area (Å²) in [5.74, 6) is 0.632. The minimum Gasteiger partial charge on any atom is -0.378 e. The van der Waals surface area contributed by atoms with Crippen molar-refractivity contribution in [3.8, 4) is 0 Å². The molecular weight excluding hydrogens is 186 g/mol. The van der Waals surface area contributed by atoms with Gasteiger partial charge in [0.25, 0.3) is 0 Å². The lowest BCUT2D eigenvalue weighted by molar-refractivity contribution is 0.0332. The molecular formula is C13H29NO. The van der Waals surface area contributed by atoms with Crippen LogP contribution in [-0.4, -0.2) is 25.3 Å². The standard InChI is InChI=1S/C13H29NO/c1-11(2)13(5)15-10-8-6-7-9-14-12(3)4/h11-14H,6-10H2,1-5H3. The fourth-order valence-electron chi connectivity index (χ4n) is 1.26. The summed E-state index contributed by atoms with van der Waals surface area (Å²) in [6.07, 6.45) is 4.12. The topological polar surface area (TPSA) is 21.3 Å². The fraction of sp³-hybridized carbons (Fsp3) is 1.00. The summed E-state index contributed by atoms with van der Waals surface area (Å²) in [7, 11) is 0. The van der Waals surface area contributed by atoms with Gasteiger partial charge in [0.15, 0.2) is 0 Å². The molecule has 0 bridgehead atoms. The van der Waals surface area contributed by atoms with E-state index >= 15 is 0 Å². The molecule has 0 rings (SSSR count). The minimum absolute atomic E-state index is 0.402. The summed E-state index contributed by atoms with van der Waals surface area (Å²) in [5.41, 5.74) is 0. The van der Waals surface area contributed by atoms with Gasteiger partial charge in [-0.25, -0.2) is 0 Å². The highest BCUT2D eigenvalue weighted by Crippen LogP contribution is 2.06. The SMILES string of the molecule is CC(C)NCCCCCOC(C)C(C)C. The van der Waals surface area contributed by atoms with Crippen molar-refractivity contribution in [2.45, 2.75) is 66.0 Å². The first kappa shape index (κ1) is 14.9. The molecule has 0 spiro atoms. The number of nitrogens with one attached hydrogen (secondary N) is 1. The molecule has 0 aromatic carbocycles. The van der Waals surface area contributed by atoms with E-state index in [0.29, 0.717) is 18.1 Å². The maximum Gasteiger partial charge on any atom is 0.0569 e. The third-order valence-corrected chi connectivity index (χ3v) is 2.69. The van der Waals surface area contributed by atoms with Gasteiger partial charge in [-0.1, -0.05) is 27.7 Å². The van der Waals surface area contributed by atoms with Crippen LogP contribution in [0.5, 0.6) is 0 Å². The molecule has 0 fully saturated rings. The Bertz CT molecular complexity index is 134. The van der Waals surface area contributed by atoms with Gasteiger partial charge in [0.2, 0.25) is 0 Å². The van der Waals surface area contributed by atoms with Gasteiger partial charge in [0, 0.05) is 12.6 Å². The second kappa shape index (κ2) is 9.17. The van der Waals surface area contributed by atoms with E-state index < -0.39 is 0 Å². The van der Waals surface area contributed by atoms with Crippen LogP contribution in [0.3, 0.4) is 0 Å². The zero-order valence-electron chi connectivity index (χ0n) is 11.2. The summed E-state index contributed by atoms with van der Waals surface area (Å²) in [5, 5.41) is 3.42. The van der Waals surface area contributed by atoms with Crippen molar-refractivity contribution in [3.63, 3.8) is 0 Å². The van der Waals surface area contributed by atoms with Crippen molar-refractivity contribution in [2.75, 3.05) is 13.2 Å². The Labute approximate surface area is 95.8 Å². The van der Waals surface area contributed by atoms with E-state index in [1.165, 1.54) is 19.3 Å². The number of hydrogen-bond acceptors (Lipinski definition) is 2. The molecule has 0 heterocycles. The van der Waals surface area contributed by atoms with Crippen LogP contribution >= 0.6 is 0 Å². The molecule has 0 aromatic rings. The maximum atomic E-state index is 5.71. The van der Waals surface area contributed by atoms with Gasteiger partial charge in [-0.15, -0.1) is 0 Å². The lowest BCUT2D eigenvalue weighted by Gasteiger charge is -2.16. The van der Waals surface area contributed by atoms with Crippen molar-refractivity contribution in [3.05, 3.63) is 0 Å². The normalized spacial score (nSPS) is 13.8. The van der Waals surface area contributed by atoms with Crippen LogP contribution in [0.15, 0.2) is 0 Å². The molecule has 2 heteroatoms. The van der Waals surface area contributed by atoms with Gasteiger partial charge in [0.05, 0.1) is 6.10 Å². The number of unbranched alkanes of at least 4 members (excludes halogenated alkanes) is 2. The predicted octanol–water partition coefficient (Wildman–Crippen LogP) is 3.22. The Morgan fingerprint density at radius 1 is 0.933 bits per heavy atom. The molecule has 1 unspecified atom stereocenters. The average Bonchev–Trinajstić information content (AvgIpc) is 2.15. The Balaban J connectivity index is 3.11. The van der Waals surface area contributed by atoms with Crippen LogP contribution in [0.25, 0.3) is 0 Å². The zero-order chi connectivity index (χ0) is 11.7. The molecule has 15 heavy (non-hydrogen) atoms. The number of ether oxygens (including phenoxy) is 1. The van der Waals surface area contributed by atoms with E-state index in [4.69, 9.17) is 4.74 Å². The fourth-order valence-corrected chi connectivity index (χ4v) is 1.26. The monoisotopic (exact) mass is 215 g/mol. The molecule has 1 atom stereocenters. The number of rotatable bonds is 9. The van der Waals surface area contributed by atoms with Crippen molar-refractivity contribution < 1.29 is 4.74 Å². The molecule has 0 aromatic heterocycles. The van der Waals surface area contributed by atoms with E-state index in [2.05, 4.69) is 39.9 Å². The molecule has 0 radical (unpaired) electrons. The molecule has 2 nitrogen and oxygen atoms in total. The van der Waals surface area contributed by atoms with Crippen LogP contribution in [0.1, 0.15) is 53.9 Å². The molecule has 0 aliphatic heterocycles. The van der Waals surface area contributed by atoms with E-state index in [0.717, 1.165) is 13.2 Å². The highest BCUT2D eigenvalue weighted by molar-refractivity contribution is 4.55. The van der Waals surface area contributed by atoms with Crippen LogP contribution < -0.4 is 5.32 Å². The molecule has 92 valence electrons. The van der Waals surface area contributed by atoms with Crippen LogP contribution in [-0.2, 0) is 4.74 Å². The Hall–Kier alpha value is -0.0800. The molecule has 0 aliphatic carbocycles. The smallest absolute Gasteiger partial charge is 0.0569 e. The predicted molar refractivity (Wildman–Crippen MR) is 67.2 cm³/mol. The van der Waals surface area contributed by atoms with Crippen molar-refractivity contribution in [1.82, 2.24) is 5.32 Å². The van der Waals surface area contributed by atoms with E-state index in [1.807, 2.05) is 0 Å². The highest BCUT2D eigenvalue weighted by Gasteiger charge is 2.05. The molecule has 0 aliphatic rings. The summed E-state index contributed by atoms with van der Waals surface area (Å²) in [6.45, 7) is 13.0. The summed E-state index contributed by atoms with van der Waals surface area (Å²) >= 11 is 0.